The number of nitrogens with one attached hydrogen (secondary N) is 2. The van der Waals surface area contributed by atoms with Crippen molar-refractivity contribution in [1.29, 1.82) is 0 Å². The number of hydrogen-bond acceptors (Lipinski definition) is 4. The summed E-state index contributed by atoms with van der Waals surface area (Å²) in [7, 11) is 0. The second kappa shape index (κ2) is 14.1. The summed E-state index contributed by atoms with van der Waals surface area (Å²) in [5.74, 6) is 2.93. The van der Waals surface area contributed by atoms with Crippen LogP contribution in [0.25, 0.3) is 0 Å². The standard InChI is InChI=1S/C18H27ClN6S.HI/c1-3-17-24-23-14-25(17)11-10-21-18(20-9-6-12-26-2)22-13-15-7-4-5-8-16(15)19;/h4-5,7-8,14H,3,6,9-13H2,1-2H3,(H2,20,21,22);1H. The highest BCUT2D eigenvalue weighted by atomic mass is 127. The van der Waals surface area contributed by atoms with Gasteiger partial charge in [-0.15, -0.1) is 34.2 Å². The van der Waals surface area contributed by atoms with Crippen LogP contribution >= 0.6 is 47.3 Å². The first-order valence-electron chi connectivity index (χ1n) is 8.85. The summed E-state index contributed by atoms with van der Waals surface area (Å²) in [6.07, 6.45) is 5.86. The monoisotopic (exact) mass is 522 g/mol. The molecule has 2 N–H and O–H groups in total. The van der Waals surface area contributed by atoms with Crippen LogP contribution in [0.3, 0.4) is 0 Å². The quantitative estimate of drug-likeness (QED) is 0.216. The molecule has 0 spiro atoms. The van der Waals surface area contributed by atoms with Crippen molar-refractivity contribution in [1.82, 2.24) is 25.4 Å². The molecule has 0 atom stereocenters. The first-order chi connectivity index (χ1) is 12.7. The van der Waals surface area contributed by atoms with Crippen molar-refractivity contribution in [3.05, 3.63) is 47.0 Å². The Labute approximate surface area is 188 Å². The van der Waals surface area contributed by atoms with E-state index in [0.717, 1.165) is 60.6 Å². The first-order valence-corrected chi connectivity index (χ1v) is 10.6. The van der Waals surface area contributed by atoms with Crippen LogP contribution in [0.2, 0.25) is 5.02 Å². The Kier molecular flexibility index (Phi) is 12.5. The topological polar surface area (TPSA) is 67.1 Å². The number of halogens is 2. The van der Waals surface area contributed by atoms with E-state index >= 15 is 0 Å². The van der Waals surface area contributed by atoms with Crippen LogP contribution in [0.1, 0.15) is 24.7 Å². The summed E-state index contributed by atoms with van der Waals surface area (Å²) in [5.41, 5.74) is 1.02. The molecule has 0 unspecified atom stereocenters. The molecule has 0 radical (unpaired) electrons. The zero-order valence-corrected chi connectivity index (χ0v) is 19.7. The highest BCUT2D eigenvalue weighted by Gasteiger charge is 2.04. The second-order valence-corrected chi connectivity index (χ2v) is 7.14. The molecule has 9 heteroatoms. The summed E-state index contributed by atoms with van der Waals surface area (Å²) >= 11 is 8.08. The fourth-order valence-corrected chi connectivity index (χ4v) is 3.05. The minimum atomic E-state index is 0. The average molecular weight is 523 g/mol. The molecule has 0 aliphatic rings. The lowest BCUT2D eigenvalue weighted by molar-refractivity contribution is 0.631. The predicted octanol–water partition coefficient (Wildman–Crippen LogP) is 3.60. The molecule has 0 aliphatic heterocycles. The third-order valence-electron chi connectivity index (χ3n) is 3.84. The van der Waals surface area contributed by atoms with Crippen molar-refractivity contribution in [2.45, 2.75) is 32.9 Å². The number of benzene rings is 1. The summed E-state index contributed by atoms with van der Waals surface area (Å²) < 4.78 is 2.06. The maximum atomic E-state index is 6.23. The van der Waals surface area contributed by atoms with Crippen LogP contribution in [0.15, 0.2) is 35.6 Å². The fraction of sp³-hybridized carbons (Fsp3) is 0.500. The summed E-state index contributed by atoms with van der Waals surface area (Å²) in [4.78, 5) is 4.68. The van der Waals surface area contributed by atoms with Crippen LogP contribution in [0.5, 0.6) is 0 Å². The minimum Gasteiger partial charge on any atom is -0.356 e. The van der Waals surface area contributed by atoms with E-state index in [4.69, 9.17) is 11.6 Å². The maximum absolute atomic E-state index is 6.23. The normalized spacial score (nSPS) is 11.1. The van der Waals surface area contributed by atoms with Gasteiger partial charge in [0.05, 0.1) is 6.54 Å². The molecule has 0 amide bonds. The Hall–Kier alpha value is -1.000. The third-order valence-corrected chi connectivity index (χ3v) is 4.91. The van der Waals surface area contributed by atoms with Gasteiger partial charge in [-0.1, -0.05) is 36.7 Å². The summed E-state index contributed by atoms with van der Waals surface area (Å²) in [5, 5.41) is 15.6. The SMILES string of the molecule is CCc1nncn1CCNC(=NCc1ccccc1Cl)NCCCSC.I. The molecule has 150 valence electrons. The van der Waals surface area contributed by atoms with Gasteiger partial charge in [-0.25, -0.2) is 4.99 Å². The Balaban J connectivity index is 0.00000364. The van der Waals surface area contributed by atoms with E-state index < -0.39 is 0 Å². The van der Waals surface area contributed by atoms with Gasteiger partial charge in [0.2, 0.25) is 0 Å². The predicted molar refractivity (Wildman–Crippen MR) is 126 cm³/mol. The highest BCUT2D eigenvalue weighted by Crippen LogP contribution is 2.15. The molecule has 0 saturated carbocycles. The Morgan fingerprint density at radius 3 is 2.78 bits per heavy atom. The molecule has 0 aliphatic carbocycles. The van der Waals surface area contributed by atoms with E-state index in [-0.39, 0.29) is 24.0 Å². The van der Waals surface area contributed by atoms with Crippen molar-refractivity contribution in [2.75, 3.05) is 25.1 Å². The third kappa shape index (κ3) is 8.69. The second-order valence-electron chi connectivity index (χ2n) is 5.75. The zero-order valence-electron chi connectivity index (χ0n) is 15.8. The Morgan fingerprint density at radius 2 is 2.04 bits per heavy atom. The van der Waals surface area contributed by atoms with Gasteiger partial charge in [0.25, 0.3) is 0 Å². The number of hydrogen-bond donors (Lipinski definition) is 2. The number of aryl methyl sites for hydroxylation is 1. The van der Waals surface area contributed by atoms with Gasteiger partial charge in [-0.3, -0.25) is 0 Å². The summed E-state index contributed by atoms with van der Waals surface area (Å²) in [6, 6.07) is 7.81. The molecular formula is C18H28ClIN6S. The molecular weight excluding hydrogens is 495 g/mol. The number of nitrogens with zero attached hydrogens (tertiary/aromatic N) is 4. The van der Waals surface area contributed by atoms with Crippen molar-refractivity contribution in [3.63, 3.8) is 0 Å². The van der Waals surface area contributed by atoms with Gasteiger partial charge in [0.1, 0.15) is 12.2 Å². The average Bonchev–Trinajstić information content (AvgIpc) is 3.11. The van der Waals surface area contributed by atoms with Crippen LogP contribution in [-0.2, 0) is 19.5 Å². The maximum Gasteiger partial charge on any atom is 0.191 e. The lowest BCUT2D eigenvalue weighted by atomic mass is 10.2. The van der Waals surface area contributed by atoms with E-state index in [0.29, 0.717) is 6.54 Å². The molecule has 6 nitrogen and oxygen atoms in total. The largest absolute Gasteiger partial charge is 0.356 e. The van der Waals surface area contributed by atoms with Gasteiger partial charge >= 0.3 is 0 Å². The minimum absolute atomic E-state index is 0. The number of aromatic nitrogens is 3. The zero-order chi connectivity index (χ0) is 18.6. The molecule has 0 saturated heterocycles. The molecule has 2 aromatic rings. The van der Waals surface area contributed by atoms with E-state index in [1.165, 1.54) is 0 Å². The molecule has 1 aromatic carbocycles. The van der Waals surface area contributed by atoms with Crippen molar-refractivity contribution in [3.8, 4) is 0 Å². The van der Waals surface area contributed by atoms with Gasteiger partial charge in [-0.05, 0) is 30.1 Å². The number of thioether (sulfide) groups is 1. The van der Waals surface area contributed by atoms with Crippen LogP contribution in [-0.4, -0.2) is 45.8 Å². The highest BCUT2D eigenvalue weighted by molar-refractivity contribution is 14.0. The molecule has 1 heterocycles. The van der Waals surface area contributed by atoms with Crippen LogP contribution < -0.4 is 10.6 Å². The van der Waals surface area contributed by atoms with Crippen molar-refractivity contribution < 1.29 is 0 Å². The Bertz CT molecular complexity index is 694. The Morgan fingerprint density at radius 1 is 1.26 bits per heavy atom. The molecule has 1 aromatic heterocycles. The number of rotatable bonds is 10. The van der Waals surface area contributed by atoms with E-state index in [1.807, 2.05) is 36.0 Å². The van der Waals surface area contributed by atoms with Crippen molar-refractivity contribution >= 4 is 53.3 Å². The lowest BCUT2D eigenvalue weighted by Crippen LogP contribution is -2.39. The smallest absolute Gasteiger partial charge is 0.191 e. The fourth-order valence-electron chi connectivity index (χ4n) is 2.42. The van der Waals surface area contributed by atoms with Gasteiger partial charge in [0, 0.05) is 31.1 Å². The number of guanidine groups is 1. The van der Waals surface area contributed by atoms with Crippen LogP contribution in [0.4, 0.5) is 0 Å². The summed E-state index contributed by atoms with van der Waals surface area (Å²) in [6.45, 7) is 5.07. The first kappa shape index (κ1) is 24.0. The van der Waals surface area contributed by atoms with Gasteiger partial charge < -0.3 is 15.2 Å². The number of aliphatic imine (C=N–C) groups is 1. The lowest BCUT2D eigenvalue weighted by Gasteiger charge is -2.13. The van der Waals surface area contributed by atoms with Gasteiger partial charge in [0.15, 0.2) is 5.96 Å². The van der Waals surface area contributed by atoms with Gasteiger partial charge in [-0.2, -0.15) is 11.8 Å². The molecule has 0 bridgehead atoms. The van der Waals surface area contributed by atoms with E-state index in [1.54, 1.807) is 6.33 Å². The molecule has 0 fully saturated rings. The van der Waals surface area contributed by atoms with Crippen LogP contribution in [0, 0.1) is 0 Å². The van der Waals surface area contributed by atoms with Crippen molar-refractivity contribution in [2.24, 2.45) is 4.99 Å². The van der Waals surface area contributed by atoms with E-state index in [2.05, 4.69) is 43.6 Å². The molecule has 27 heavy (non-hydrogen) atoms. The van der Waals surface area contributed by atoms with E-state index in [9.17, 15) is 0 Å². The molecule has 2 rings (SSSR count).